The van der Waals surface area contributed by atoms with Crippen LogP contribution in [0.3, 0.4) is 0 Å². The minimum absolute atomic E-state index is 0.0123. The zero-order valence-electron chi connectivity index (χ0n) is 12.1. The van der Waals surface area contributed by atoms with Gasteiger partial charge in [-0.25, -0.2) is 5.11 Å². The fourth-order valence-electron chi connectivity index (χ4n) is 1.51. The van der Waals surface area contributed by atoms with Crippen molar-refractivity contribution in [3.8, 4) is 0 Å². The molecule has 1 nitrogen and oxygen atoms in total. The molecule has 0 heterocycles. The molecule has 0 spiro atoms. The third kappa shape index (κ3) is 9.01. The molecule has 20 heteroatoms. The van der Waals surface area contributed by atoms with E-state index >= 15 is 0 Å². The van der Waals surface area contributed by atoms with Crippen molar-refractivity contribution in [3.05, 3.63) is 0 Å². The molecule has 0 N–H and O–H groups in total. The summed E-state index contributed by atoms with van der Waals surface area (Å²) in [4.78, 5) is 0. The van der Waals surface area contributed by atoms with E-state index in [1.165, 1.54) is 0 Å². The maximum absolute atomic E-state index is 14.9. The van der Waals surface area contributed by atoms with Crippen molar-refractivity contribution in [1.82, 2.24) is 0 Å². The lowest BCUT2D eigenvalue weighted by Crippen LogP contribution is -2.72. The minimum atomic E-state index is -1.26. The summed E-state index contributed by atoms with van der Waals surface area (Å²) >= 11 is 47.5. The number of hydrogen-bond acceptors (Lipinski definition) is 0. The summed E-state index contributed by atoms with van der Waals surface area (Å²) in [6, 6.07) is 0. The molecule has 0 aliphatic heterocycles. The lowest BCUT2D eigenvalue weighted by Gasteiger charge is -2.59. The molecule has 0 aromatic heterocycles. The van der Waals surface area contributed by atoms with Crippen LogP contribution >= 0.6 is 429 Å². The van der Waals surface area contributed by atoms with Gasteiger partial charge in [0, 0.05) is 0 Å². The second kappa shape index (κ2) is 15.2. The summed E-state index contributed by atoms with van der Waals surface area (Å²) in [5.41, 5.74) is -1.26. The largest absolute Gasteiger partial charge is 0.221 e. The molecule has 0 rings (SSSR count). The van der Waals surface area contributed by atoms with Gasteiger partial charge in [-0.2, -0.15) is 0 Å². The van der Waals surface area contributed by atoms with Crippen LogP contribution in [0, 0.1) is 0 Å². The summed E-state index contributed by atoms with van der Waals surface area (Å²) < 4.78 is -2.62. The quantitative estimate of drug-likeness (QED) is 0.171. The molecule has 0 aliphatic rings. The van der Waals surface area contributed by atoms with Gasteiger partial charge in [0.2, 0.25) is 0 Å². The molecule has 0 amide bonds. The van der Waals surface area contributed by atoms with Gasteiger partial charge in [0.25, 0.3) is 0 Å². The first kappa shape index (κ1) is 42.8. The molecule has 175 valence electrons. The van der Waals surface area contributed by atoms with Crippen LogP contribution in [0.1, 0.15) is 0 Å². The summed E-state index contributed by atoms with van der Waals surface area (Å²) in [6.45, 7) is 0. The first-order chi connectivity index (χ1) is 12.0. The number of alkyl halides is 19. The average molecular weight is 2540 g/mol. The molecule has 0 fully saturated rings. The lowest BCUT2D eigenvalue weighted by molar-refractivity contribution is 0.00299. The Hall–Kier alpha value is 13.8. The normalized spacial score (nSPS) is 17.0. The number of halogens is 19. The number of hydrogen-bond donors (Lipinski definition) is 0. The van der Waals surface area contributed by atoms with Crippen molar-refractivity contribution >= 4 is 429 Å². The molecular formula is C9I19O. The second-order valence-electron chi connectivity index (χ2n) is 5.05. The molecule has 0 aromatic rings. The molecule has 0 atom stereocenters. The molecule has 1 radical (unpaired) electrons. The van der Waals surface area contributed by atoms with Crippen LogP contribution < -0.4 is 0 Å². The predicted molar refractivity (Wildman–Crippen MR) is 292 cm³/mol. The van der Waals surface area contributed by atoms with E-state index in [1.807, 2.05) is 0 Å². The van der Waals surface area contributed by atoms with E-state index in [2.05, 4.69) is 429 Å². The standard InChI is InChI=1S/C9I19O/c10-2(11,1(29,7(20,21)22)8(23,24)25)3(12,13)4(14,15)5(16,17)6(18,19)9(26,27)28. The molecule has 0 aromatic carbocycles. The van der Waals surface area contributed by atoms with Crippen molar-refractivity contribution in [2.75, 3.05) is 0 Å². The van der Waals surface area contributed by atoms with Gasteiger partial charge in [0.15, 0.2) is 4.47 Å². The van der Waals surface area contributed by atoms with E-state index in [0.29, 0.717) is 0 Å². The Morgan fingerprint density at radius 2 is 0.483 bits per heavy atom. The summed E-state index contributed by atoms with van der Waals surface area (Å²) in [5, 5.41) is 14.9. The van der Waals surface area contributed by atoms with Crippen LogP contribution in [0.15, 0.2) is 0 Å². The van der Waals surface area contributed by atoms with Gasteiger partial charge < -0.3 is 0 Å². The SMILES string of the molecule is [O]C(C(I)(I)I)(C(I)(I)I)C(I)(I)C(I)(I)C(I)(I)C(I)(I)C(I)(I)C(I)(I)I. The Bertz CT molecular complexity index is 589. The van der Waals surface area contributed by atoms with Crippen molar-refractivity contribution in [3.63, 3.8) is 0 Å². The van der Waals surface area contributed by atoms with Crippen LogP contribution in [0.5, 0.6) is 0 Å². The van der Waals surface area contributed by atoms with Crippen LogP contribution in [0.25, 0.3) is 0 Å². The van der Waals surface area contributed by atoms with Crippen molar-refractivity contribution in [2.24, 2.45) is 0 Å². The Morgan fingerprint density at radius 3 is 0.690 bits per heavy atom. The summed E-state index contributed by atoms with van der Waals surface area (Å²) in [5.74, 6) is 0. The van der Waals surface area contributed by atoms with Gasteiger partial charge in [-0.3, -0.25) is 0 Å². The summed E-state index contributed by atoms with van der Waals surface area (Å²) in [6.07, 6.45) is 0. The molecule has 0 aliphatic carbocycles. The summed E-state index contributed by atoms with van der Waals surface area (Å²) in [7, 11) is 0. The molecular weight excluding hydrogens is 2540 g/mol. The second-order valence-corrected chi connectivity index (χ2v) is 64.7. The Balaban J connectivity index is 7.04. The van der Waals surface area contributed by atoms with E-state index in [1.54, 1.807) is 0 Å². The van der Waals surface area contributed by atoms with Crippen LogP contribution in [0.2, 0.25) is 0 Å². The predicted octanol–water partition coefficient (Wildman–Crippen LogP) is 14.9. The first-order valence-corrected chi connectivity index (χ1v) is 26.3. The Labute approximate surface area is 430 Å². The number of rotatable bonds is 8. The third-order valence-electron chi connectivity index (χ3n) is 3.17. The Kier molecular flexibility index (Phi) is 22.4. The van der Waals surface area contributed by atoms with Gasteiger partial charge in [-0.15, -0.1) is 0 Å². The van der Waals surface area contributed by atoms with E-state index in [0.717, 1.165) is 0 Å². The third-order valence-corrected chi connectivity index (χ3v) is 48.9. The van der Waals surface area contributed by atoms with Crippen molar-refractivity contribution < 1.29 is 5.11 Å². The fourth-order valence-corrected chi connectivity index (χ4v) is 35.7. The van der Waals surface area contributed by atoms with E-state index < -0.39 is 7.33 Å². The highest BCUT2D eigenvalue weighted by molar-refractivity contribution is 14.3. The van der Waals surface area contributed by atoms with Crippen LogP contribution in [-0.2, 0) is 5.11 Å². The molecule has 0 saturated carbocycles. The van der Waals surface area contributed by atoms with Crippen LogP contribution in [-0.4, -0.2) is 11.0 Å². The zero-order chi connectivity index (χ0) is 24.5. The first-order valence-electron chi connectivity index (χ1n) is 5.79. The van der Waals surface area contributed by atoms with E-state index in [9.17, 15) is 5.11 Å². The lowest BCUT2D eigenvalue weighted by atomic mass is 9.99. The van der Waals surface area contributed by atoms with Gasteiger partial charge in [-0.1, -0.05) is 429 Å². The smallest absolute Gasteiger partial charge is 0.194 e. The molecule has 0 saturated heterocycles. The highest BCUT2D eigenvalue weighted by atomic mass is 127. The monoisotopic (exact) mass is 2540 g/mol. The van der Waals surface area contributed by atoms with E-state index in [-0.39, 0.29) is 3.72 Å². The fraction of sp³-hybridized carbons (Fsp3) is 1.00. The maximum Gasteiger partial charge on any atom is 0.194 e. The maximum atomic E-state index is 14.9. The highest BCUT2D eigenvalue weighted by Gasteiger charge is 2.80. The highest BCUT2D eigenvalue weighted by Crippen LogP contribution is 2.80. The van der Waals surface area contributed by atoms with Crippen molar-refractivity contribution in [2.45, 2.75) is 11.0 Å². The Morgan fingerprint density at radius 1 is 0.276 bits per heavy atom. The van der Waals surface area contributed by atoms with E-state index in [4.69, 9.17) is 0 Å². The van der Waals surface area contributed by atoms with Gasteiger partial charge >= 0.3 is 0 Å². The minimum Gasteiger partial charge on any atom is -0.221 e. The van der Waals surface area contributed by atoms with Gasteiger partial charge in [0.1, 0.15) is 6.58 Å². The topological polar surface area (TPSA) is 19.9 Å². The zero-order valence-corrected chi connectivity index (χ0v) is 53.1. The molecule has 0 unspecified atom stereocenters. The van der Waals surface area contributed by atoms with Crippen molar-refractivity contribution in [1.29, 1.82) is 0 Å². The molecule has 0 bridgehead atoms. The van der Waals surface area contributed by atoms with Gasteiger partial charge in [-0.05, 0) is 0 Å². The molecule has 29 heavy (non-hydrogen) atoms. The van der Waals surface area contributed by atoms with Crippen LogP contribution in [0.4, 0.5) is 0 Å². The average Bonchev–Trinajstić information content (AvgIpc) is 2.41. The van der Waals surface area contributed by atoms with Gasteiger partial charge in [0.05, 0.1) is 0 Å².